The zero-order valence-corrected chi connectivity index (χ0v) is 7.23. The van der Waals surface area contributed by atoms with E-state index in [1.165, 1.54) is 6.42 Å². The molecule has 1 saturated heterocycles. The Kier molecular flexibility index (Phi) is 5.91. The highest BCUT2D eigenvalue weighted by molar-refractivity contribution is 5.85. The van der Waals surface area contributed by atoms with E-state index in [1.54, 1.807) is 0 Å². The third kappa shape index (κ3) is 4.02. The normalized spacial score (nSPS) is 23.0. The van der Waals surface area contributed by atoms with Gasteiger partial charge in [0.05, 0.1) is 12.5 Å². The molecule has 1 unspecified atom stereocenters. The van der Waals surface area contributed by atoms with Gasteiger partial charge in [-0.15, -0.1) is 12.4 Å². The summed E-state index contributed by atoms with van der Waals surface area (Å²) in [6.45, 7) is 2.21. The predicted molar refractivity (Wildman–Crippen MR) is 47.6 cm³/mol. The molecule has 1 heterocycles. The average molecular weight is 173 g/mol. The standard InChI is InChI=1S/C8H12N2.ClH/c9-5-2-1-3-8-4-6-10-7-8;/h1,3,8,10H,2,4,6-7H2;1H/b3-1+;. The van der Waals surface area contributed by atoms with Crippen molar-refractivity contribution in [1.29, 1.82) is 5.26 Å². The molecule has 0 saturated carbocycles. The summed E-state index contributed by atoms with van der Waals surface area (Å²) in [6.07, 6.45) is 5.87. The number of rotatable bonds is 2. The zero-order valence-electron chi connectivity index (χ0n) is 6.42. The lowest BCUT2D eigenvalue weighted by Crippen LogP contribution is -2.07. The van der Waals surface area contributed by atoms with Crippen LogP contribution in [0.25, 0.3) is 0 Å². The van der Waals surface area contributed by atoms with Crippen molar-refractivity contribution < 1.29 is 0 Å². The Balaban J connectivity index is 0.000001000. The van der Waals surface area contributed by atoms with Gasteiger partial charge in [-0.25, -0.2) is 0 Å². The highest BCUT2D eigenvalue weighted by Crippen LogP contribution is 2.08. The molecule has 0 bridgehead atoms. The van der Waals surface area contributed by atoms with E-state index < -0.39 is 0 Å². The smallest absolute Gasteiger partial charge is 0.0663 e. The maximum absolute atomic E-state index is 8.22. The minimum Gasteiger partial charge on any atom is -0.316 e. The number of nitrogens with zero attached hydrogens (tertiary/aromatic N) is 1. The van der Waals surface area contributed by atoms with E-state index >= 15 is 0 Å². The van der Waals surface area contributed by atoms with Crippen LogP contribution >= 0.6 is 12.4 Å². The van der Waals surface area contributed by atoms with Crippen LogP contribution in [0.1, 0.15) is 12.8 Å². The zero-order chi connectivity index (χ0) is 7.23. The Labute approximate surface area is 73.7 Å². The van der Waals surface area contributed by atoms with Gasteiger partial charge in [0.25, 0.3) is 0 Å². The lowest BCUT2D eigenvalue weighted by atomic mass is 10.1. The van der Waals surface area contributed by atoms with Crippen molar-refractivity contribution in [3.63, 3.8) is 0 Å². The fourth-order valence-electron chi connectivity index (χ4n) is 1.15. The topological polar surface area (TPSA) is 35.8 Å². The molecule has 1 aliphatic rings. The van der Waals surface area contributed by atoms with Crippen LogP contribution in [0.5, 0.6) is 0 Å². The van der Waals surface area contributed by atoms with Crippen LogP contribution in [-0.4, -0.2) is 13.1 Å². The Hall–Kier alpha value is -0.520. The van der Waals surface area contributed by atoms with Crippen molar-refractivity contribution in [2.24, 2.45) is 5.92 Å². The number of hydrogen-bond donors (Lipinski definition) is 1. The van der Waals surface area contributed by atoms with Gasteiger partial charge in [0, 0.05) is 6.54 Å². The number of nitriles is 1. The molecule has 1 fully saturated rings. The van der Waals surface area contributed by atoms with Crippen molar-refractivity contribution in [1.82, 2.24) is 5.32 Å². The second-order valence-electron chi connectivity index (χ2n) is 2.54. The molecule has 0 aliphatic carbocycles. The van der Waals surface area contributed by atoms with Crippen molar-refractivity contribution in [2.45, 2.75) is 12.8 Å². The van der Waals surface area contributed by atoms with Gasteiger partial charge in [-0.3, -0.25) is 0 Å². The summed E-state index contributed by atoms with van der Waals surface area (Å²) in [7, 11) is 0. The monoisotopic (exact) mass is 172 g/mol. The first-order valence-corrected chi connectivity index (χ1v) is 3.68. The van der Waals surface area contributed by atoms with Crippen LogP contribution in [0.15, 0.2) is 12.2 Å². The molecule has 0 radical (unpaired) electrons. The Morgan fingerprint density at radius 2 is 2.45 bits per heavy atom. The molecule has 1 atom stereocenters. The van der Waals surface area contributed by atoms with E-state index in [4.69, 9.17) is 5.26 Å². The van der Waals surface area contributed by atoms with Gasteiger partial charge in [-0.05, 0) is 18.9 Å². The Morgan fingerprint density at radius 3 is 3.00 bits per heavy atom. The summed E-state index contributed by atoms with van der Waals surface area (Å²) in [5.41, 5.74) is 0. The van der Waals surface area contributed by atoms with Crippen molar-refractivity contribution >= 4 is 12.4 Å². The summed E-state index contributed by atoms with van der Waals surface area (Å²) < 4.78 is 0. The van der Waals surface area contributed by atoms with Crippen LogP contribution < -0.4 is 5.32 Å². The molecule has 0 aromatic rings. The summed E-state index contributed by atoms with van der Waals surface area (Å²) in [5, 5.41) is 11.5. The molecule has 2 nitrogen and oxygen atoms in total. The number of allylic oxidation sites excluding steroid dienone is 1. The maximum atomic E-state index is 8.22. The fourth-order valence-corrected chi connectivity index (χ4v) is 1.15. The molecular weight excluding hydrogens is 160 g/mol. The lowest BCUT2D eigenvalue weighted by molar-refractivity contribution is 0.726. The Morgan fingerprint density at radius 1 is 1.64 bits per heavy atom. The van der Waals surface area contributed by atoms with Gasteiger partial charge in [-0.2, -0.15) is 5.26 Å². The van der Waals surface area contributed by atoms with Gasteiger partial charge >= 0.3 is 0 Å². The number of nitrogens with one attached hydrogen (secondary N) is 1. The molecule has 1 N–H and O–H groups in total. The first kappa shape index (κ1) is 10.5. The van der Waals surface area contributed by atoms with Gasteiger partial charge in [-0.1, -0.05) is 12.2 Å². The molecule has 62 valence electrons. The largest absolute Gasteiger partial charge is 0.316 e. The highest BCUT2D eigenvalue weighted by atomic mass is 35.5. The molecule has 0 aromatic heterocycles. The average Bonchev–Trinajstić information content (AvgIpc) is 2.41. The van der Waals surface area contributed by atoms with Crippen LogP contribution in [-0.2, 0) is 0 Å². The van der Waals surface area contributed by atoms with E-state index in [0.29, 0.717) is 12.3 Å². The summed E-state index contributed by atoms with van der Waals surface area (Å²) >= 11 is 0. The van der Waals surface area contributed by atoms with E-state index in [-0.39, 0.29) is 12.4 Å². The first-order chi connectivity index (χ1) is 4.93. The van der Waals surface area contributed by atoms with Gasteiger partial charge in [0.1, 0.15) is 0 Å². The first-order valence-electron chi connectivity index (χ1n) is 3.68. The molecule has 3 heteroatoms. The number of halogens is 1. The molecule has 0 spiro atoms. The van der Waals surface area contributed by atoms with Crippen molar-refractivity contribution in [2.75, 3.05) is 13.1 Å². The van der Waals surface area contributed by atoms with Crippen molar-refractivity contribution in [3.05, 3.63) is 12.2 Å². The maximum Gasteiger partial charge on any atom is 0.0663 e. The summed E-state index contributed by atoms with van der Waals surface area (Å²) in [5.74, 6) is 0.674. The van der Waals surface area contributed by atoms with Crippen LogP contribution in [0.3, 0.4) is 0 Å². The second-order valence-corrected chi connectivity index (χ2v) is 2.54. The van der Waals surface area contributed by atoms with Gasteiger partial charge < -0.3 is 5.32 Å². The number of hydrogen-bond acceptors (Lipinski definition) is 2. The van der Waals surface area contributed by atoms with Gasteiger partial charge in [0.15, 0.2) is 0 Å². The van der Waals surface area contributed by atoms with E-state index in [9.17, 15) is 0 Å². The molecular formula is C8H13ClN2. The van der Waals surface area contributed by atoms with Crippen LogP contribution in [0.2, 0.25) is 0 Å². The third-order valence-electron chi connectivity index (χ3n) is 1.72. The Bertz CT molecular complexity index is 154. The predicted octanol–water partition coefficient (Wildman–Crippen LogP) is 1.49. The minimum absolute atomic E-state index is 0. The van der Waals surface area contributed by atoms with E-state index in [2.05, 4.69) is 17.5 Å². The molecule has 0 aromatic carbocycles. The molecule has 1 rings (SSSR count). The quantitative estimate of drug-likeness (QED) is 0.641. The SMILES string of the molecule is Cl.N#CC/C=C/C1CCNC1. The molecule has 11 heavy (non-hydrogen) atoms. The summed E-state index contributed by atoms with van der Waals surface area (Å²) in [6, 6.07) is 2.08. The summed E-state index contributed by atoms with van der Waals surface area (Å²) in [4.78, 5) is 0. The second kappa shape index (κ2) is 6.21. The van der Waals surface area contributed by atoms with E-state index in [1.807, 2.05) is 6.08 Å². The fraction of sp³-hybridized carbons (Fsp3) is 0.625. The minimum atomic E-state index is 0. The van der Waals surface area contributed by atoms with E-state index in [0.717, 1.165) is 13.1 Å². The van der Waals surface area contributed by atoms with Crippen molar-refractivity contribution in [3.8, 4) is 6.07 Å². The van der Waals surface area contributed by atoms with Gasteiger partial charge in [0.2, 0.25) is 0 Å². The third-order valence-corrected chi connectivity index (χ3v) is 1.72. The lowest BCUT2D eigenvalue weighted by Gasteiger charge is -1.96. The van der Waals surface area contributed by atoms with Crippen LogP contribution in [0.4, 0.5) is 0 Å². The van der Waals surface area contributed by atoms with Crippen LogP contribution in [0, 0.1) is 17.2 Å². The molecule has 1 aliphatic heterocycles. The highest BCUT2D eigenvalue weighted by Gasteiger charge is 2.09. The molecule has 0 amide bonds.